The zero-order valence-corrected chi connectivity index (χ0v) is 17.1. The quantitative estimate of drug-likeness (QED) is 0.335. The van der Waals surface area contributed by atoms with Gasteiger partial charge in [0.2, 0.25) is 0 Å². The van der Waals surface area contributed by atoms with Gasteiger partial charge in [-0.15, -0.1) is 0 Å². The Morgan fingerprint density at radius 3 is 2.69 bits per heavy atom. The number of aromatic nitrogens is 1. The van der Waals surface area contributed by atoms with Crippen molar-refractivity contribution < 1.29 is 9.53 Å². The molecule has 0 N–H and O–H groups in total. The number of hydrogen-bond acceptors (Lipinski definition) is 3. The molecule has 0 radical (unpaired) electrons. The smallest absolute Gasteiger partial charge is 0.272 e. The third kappa shape index (κ3) is 4.36. The molecule has 4 aromatic rings. The predicted octanol–water partition coefficient (Wildman–Crippen LogP) is 5.03. The van der Waals surface area contributed by atoms with Gasteiger partial charge >= 0.3 is 0 Å². The van der Waals surface area contributed by atoms with Crippen LogP contribution in [0.1, 0.15) is 12.5 Å². The highest BCUT2D eigenvalue weighted by Crippen LogP contribution is 2.27. The van der Waals surface area contributed by atoms with Crippen LogP contribution in [0.4, 0.5) is 0 Å². The van der Waals surface area contributed by atoms with Crippen LogP contribution < -0.4 is 4.80 Å². The minimum Gasteiger partial charge on any atom is -0.380 e. The molecule has 4 nitrogen and oxygen atoms in total. The second-order valence-corrected chi connectivity index (χ2v) is 7.54. The standard InChI is InChI=1S/C24H22N2O2S/c1-2-28-17-16-26-21-14-13-19-10-6-7-11-20(19)23(21)29-24(26)25-22(27)15-12-18-8-4-3-5-9-18/h3-15H,2,16-17H2,1H3/b15-12+,25-24?. The first-order chi connectivity index (χ1) is 14.3. The van der Waals surface area contributed by atoms with Crippen LogP contribution in [-0.2, 0) is 16.1 Å². The Balaban J connectivity index is 1.77. The summed E-state index contributed by atoms with van der Waals surface area (Å²) in [7, 11) is 0. The van der Waals surface area contributed by atoms with Crippen molar-refractivity contribution in [3.8, 4) is 0 Å². The fraction of sp³-hybridized carbons (Fsp3) is 0.167. The number of ether oxygens (including phenoxy) is 1. The SMILES string of the molecule is CCOCCn1c(=NC(=O)/C=C/c2ccccc2)sc2c3ccccc3ccc21. The first kappa shape index (κ1) is 19.3. The van der Waals surface area contributed by atoms with Crippen LogP contribution in [0.3, 0.4) is 0 Å². The maximum Gasteiger partial charge on any atom is 0.272 e. The molecule has 0 saturated carbocycles. The van der Waals surface area contributed by atoms with E-state index in [0.29, 0.717) is 24.6 Å². The number of rotatable bonds is 6. The third-order valence-corrected chi connectivity index (χ3v) is 5.79. The van der Waals surface area contributed by atoms with E-state index >= 15 is 0 Å². The summed E-state index contributed by atoms with van der Waals surface area (Å²) in [5, 5.41) is 2.36. The molecule has 146 valence electrons. The fourth-order valence-corrected chi connectivity index (χ4v) is 4.46. The van der Waals surface area contributed by atoms with Crippen molar-refractivity contribution in [3.63, 3.8) is 0 Å². The van der Waals surface area contributed by atoms with E-state index in [4.69, 9.17) is 4.74 Å². The van der Waals surface area contributed by atoms with Gasteiger partial charge in [-0.05, 0) is 30.0 Å². The summed E-state index contributed by atoms with van der Waals surface area (Å²) in [6.45, 7) is 3.88. The Kier molecular flexibility index (Phi) is 5.98. The van der Waals surface area contributed by atoms with Gasteiger partial charge in [0.25, 0.3) is 5.91 Å². The summed E-state index contributed by atoms with van der Waals surface area (Å²) >= 11 is 1.55. The molecule has 1 amide bonds. The molecule has 29 heavy (non-hydrogen) atoms. The van der Waals surface area contributed by atoms with Crippen LogP contribution in [0.5, 0.6) is 0 Å². The van der Waals surface area contributed by atoms with Gasteiger partial charge in [0, 0.05) is 24.6 Å². The van der Waals surface area contributed by atoms with E-state index in [1.54, 1.807) is 17.4 Å². The highest BCUT2D eigenvalue weighted by Gasteiger charge is 2.10. The van der Waals surface area contributed by atoms with Gasteiger partial charge in [0.1, 0.15) is 0 Å². The van der Waals surface area contributed by atoms with Crippen LogP contribution in [-0.4, -0.2) is 23.7 Å². The zero-order chi connectivity index (χ0) is 20.1. The summed E-state index contributed by atoms with van der Waals surface area (Å²) in [6, 6.07) is 22.3. The van der Waals surface area contributed by atoms with Gasteiger partial charge in [-0.3, -0.25) is 4.79 Å². The average molecular weight is 403 g/mol. The maximum atomic E-state index is 12.5. The molecule has 0 spiro atoms. The Morgan fingerprint density at radius 2 is 1.86 bits per heavy atom. The lowest BCUT2D eigenvalue weighted by Gasteiger charge is -2.06. The van der Waals surface area contributed by atoms with Crippen LogP contribution in [0, 0.1) is 0 Å². The largest absolute Gasteiger partial charge is 0.380 e. The van der Waals surface area contributed by atoms with Crippen molar-refractivity contribution >= 4 is 44.3 Å². The predicted molar refractivity (Wildman–Crippen MR) is 120 cm³/mol. The molecular formula is C24H22N2O2S. The summed E-state index contributed by atoms with van der Waals surface area (Å²) in [5.74, 6) is -0.269. The Hall–Kier alpha value is -3.02. The van der Waals surface area contributed by atoms with Crippen LogP contribution in [0.15, 0.2) is 77.8 Å². The molecule has 0 aliphatic heterocycles. The van der Waals surface area contributed by atoms with Crippen molar-refractivity contribution in [1.29, 1.82) is 0 Å². The molecule has 0 atom stereocenters. The van der Waals surface area contributed by atoms with Gasteiger partial charge in [-0.1, -0.05) is 72.0 Å². The van der Waals surface area contributed by atoms with Crippen LogP contribution in [0.25, 0.3) is 27.1 Å². The molecule has 3 aromatic carbocycles. The van der Waals surface area contributed by atoms with Gasteiger partial charge in [-0.2, -0.15) is 4.99 Å². The fourth-order valence-electron chi connectivity index (χ4n) is 3.26. The van der Waals surface area contributed by atoms with E-state index in [0.717, 1.165) is 15.8 Å². The number of fused-ring (bicyclic) bond motifs is 3. The summed E-state index contributed by atoms with van der Waals surface area (Å²) in [6.07, 6.45) is 3.31. The van der Waals surface area contributed by atoms with Crippen molar-refractivity contribution in [2.45, 2.75) is 13.5 Å². The monoisotopic (exact) mass is 402 g/mol. The topological polar surface area (TPSA) is 43.6 Å². The Labute approximate surface area is 173 Å². The highest BCUT2D eigenvalue weighted by atomic mass is 32.1. The van der Waals surface area contributed by atoms with Crippen molar-refractivity contribution in [3.05, 3.63) is 83.2 Å². The first-order valence-corrected chi connectivity index (χ1v) is 10.5. The Morgan fingerprint density at radius 1 is 1.07 bits per heavy atom. The minimum absolute atomic E-state index is 0.269. The lowest BCUT2D eigenvalue weighted by molar-refractivity contribution is -0.113. The molecule has 0 aliphatic rings. The second-order valence-electron chi connectivity index (χ2n) is 6.56. The summed E-state index contributed by atoms with van der Waals surface area (Å²) < 4.78 is 8.77. The van der Waals surface area contributed by atoms with E-state index in [1.807, 2.05) is 49.4 Å². The van der Waals surface area contributed by atoms with Gasteiger partial charge in [0.15, 0.2) is 4.80 Å². The minimum atomic E-state index is -0.269. The molecule has 0 aliphatic carbocycles. The Bertz CT molecular complexity index is 1240. The lowest BCUT2D eigenvalue weighted by atomic mass is 10.1. The van der Waals surface area contributed by atoms with Gasteiger partial charge < -0.3 is 9.30 Å². The van der Waals surface area contributed by atoms with Gasteiger partial charge in [-0.25, -0.2) is 0 Å². The summed E-state index contributed by atoms with van der Waals surface area (Å²) in [5.41, 5.74) is 2.05. The molecule has 0 fully saturated rings. The zero-order valence-electron chi connectivity index (χ0n) is 16.2. The normalized spacial score (nSPS) is 12.4. The van der Waals surface area contributed by atoms with Crippen LogP contribution >= 0.6 is 11.3 Å². The van der Waals surface area contributed by atoms with Gasteiger partial charge in [0.05, 0.1) is 16.8 Å². The number of nitrogens with zero attached hydrogens (tertiary/aromatic N) is 2. The maximum absolute atomic E-state index is 12.5. The second kappa shape index (κ2) is 8.99. The number of amides is 1. The van der Waals surface area contributed by atoms with E-state index in [-0.39, 0.29) is 5.91 Å². The molecule has 1 aromatic heterocycles. The van der Waals surface area contributed by atoms with Crippen LogP contribution in [0.2, 0.25) is 0 Å². The number of carbonyl (C=O) groups excluding carboxylic acids is 1. The van der Waals surface area contributed by atoms with Crippen molar-refractivity contribution in [2.75, 3.05) is 13.2 Å². The molecule has 1 heterocycles. The molecule has 0 saturated heterocycles. The van der Waals surface area contributed by atoms with E-state index in [2.05, 4.69) is 33.8 Å². The molecule has 5 heteroatoms. The number of thiazole rings is 1. The number of hydrogen-bond donors (Lipinski definition) is 0. The number of benzene rings is 3. The van der Waals surface area contributed by atoms with E-state index in [9.17, 15) is 4.79 Å². The average Bonchev–Trinajstić information content (AvgIpc) is 3.11. The summed E-state index contributed by atoms with van der Waals surface area (Å²) in [4.78, 5) is 17.6. The highest BCUT2D eigenvalue weighted by molar-refractivity contribution is 7.17. The molecule has 0 bridgehead atoms. The number of carbonyl (C=O) groups is 1. The third-order valence-electron chi connectivity index (χ3n) is 4.66. The van der Waals surface area contributed by atoms with Crippen molar-refractivity contribution in [2.24, 2.45) is 4.99 Å². The lowest BCUT2D eigenvalue weighted by Crippen LogP contribution is -2.19. The molecule has 0 unspecified atom stereocenters. The molecular weight excluding hydrogens is 380 g/mol. The van der Waals surface area contributed by atoms with Crippen molar-refractivity contribution in [1.82, 2.24) is 4.57 Å². The van der Waals surface area contributed by atoms with E-state index < -0.39 is 0 Å². The van der Waals surface area contributed by atoms with E-state index in [1.165, 1.54) is 16.8 Å². The first-order valence-electron chi connectivity index (χ1n) is 9.67. The molecule has 4 rings (SSSR count).